The fourth-order valence-electron chi connectivity index (χ4n) is 4.55. The number of anilines is 2. The van der Waals surface area contributed by atoms with Gasteiger partial charge >= 0.3 is 0 Å². The number of carbonyl (C=O) groups is 2. The largest absolute Gasteiger partial charge is 0.380 e. The maximum Gasteiger partial charge on any atom is 0.255 e. The third-order valence-corrected chi connectivity index (χ3v) is 7.42. The Kier molecular flexibility index (Phi) is 7.73. The van der Waals surface area contributed by atoms with Gasteiger partial charge in [-0.1, -0.05) is 12.1 Å². The molecule has 0 saturated heterocycles. The average Bonchev–Trinajstić information content (AvgIpc) is 3.72. The van der Waals surface area contributed by atoms with Gasteiger partial charge in [-0.3, -0.25) is 9.59 Å². The number of nitrogens with two attached hydrogens (primary N) is 1. The van der Waals surface area contributed by atoms with E-state index in [4.69, 9.17) is 5.73 Å². The van der Waals surface area contributed by atoms with Crippen molar-refractivity contribution in [3.05, 3.63) is 76.8 Å². The minimum atomic E-state index is -2.02. The second-order valence-corrected chi connectivity index (χ2v) is 10.1. The van der Waals surface area contributed by atoms with E-state index in [9.17, 15) is 19.8 Å². The first-order valence-corrected chi connectivity index (χ1v) is 13.5. The van der Waals surface area contributed by atoms with Crippen molar-refractivity contribution in [2.75, 3.05) is 17.6 Å². The molecule has 14 heteroatoms. The molecule has 4 heterocycles. The second kappa shape index (κ2) is 11.4. The number of fused-ring (bicyclic) bond motifs is 1. The van der Waals surface area contributed by atoms with Gasteiger partial charge in [0.15, 0.2) is 17.3 Å². The molecular formula is C26H29N9O4S. The molecule has 0 fully saturated rings. The van der Waals surface area contributed by atoms with Gasteiger partial charge in [-0.25, -0.2) is 19.6 Å². The number of nitrogen functional groups attached to an aromatic ring is 1. The molecule has 4 aromatic rings. The number of nitrogens with one attached hydrogen (secondary N) is 2. The van der Waals surface area contributed by atoms with Gasteiger partial charge in [0.25, 0.3) is 11.8 Å². The minimum Gasteiger partial charge on any atom is -0.380 e. The Hall–Kier alpha value is -4.40. The standard InChI is InChI=1S/C26H29N9O4S/c1-3-28-26-33-19(13-40-26)20-17-11-29-25(27)32-18(17)12-34(20)24(39)22(37)21(36)23(38)31-14(2)15-5-7-16(8-6-15)35-10-4-9-30-35/h4-11,13-14,20-22,36-37H,3,12H2,1-2H3,(H,28,33)(H,31,38)(H2,27,29,32)/t14-,20-,21-,22-/m1/s1. The maximum absolute atomic E-state index is 13.5. The molecule has 6 N–H and O–H groups in total. The van der Waals surface area contributed by atoms with E-state index < -0.39 is 36.1 Å². The van der Waals surface area contributed by atoms with Crippen LogP contribution in [0.15, 0.2) is 54.3 Å². The number of aromatic nitrogens is 5. The molecule has 1 aliphatic rings. The topological polar surface area (TPSA) is 184 Å². The quantitative estimate of drug-likeness (QED) is 0.198. The number of aliphatic hydroxyl groups excluding tert-OH is 2. The number of thiazole rings is 1. The molecule has 1 aromatic carbocycles. The van der Waals surface area contributed by atoms with Gasteiger partial charge in [-0.2, -0.15) is 5.10 Å². The zero-order valence-corrected chi connectivity index (χ0v) is 22.6. The Bertz CT molecular complexity index is 1490. The minimum absolute atomic E-state index is 0.00399. The lowest BCUT2D eigenvalue weighted by Crippen LogP contribution is -2.50. The van der Waals surface area contributed by atoms with Crippen LogP contribution in [0.25, 0.3) is 5.69 Å². The predicted molar refractivity (Wildman–Crippen MR) is 147 cm³/mol. The lowest BCUT2D eigenvalue weighted by Gasteiger charge is -2.28. The second-order valence-electron chi connectivity index (χ2n) is 9.27. The first-order chi connectivity index (χ1) is 19.3. The smallest absolute Gasteiger partial charge is 0.255 e. The Morgan fingerprint density at radius 3 is 2.67 bits per heavy atom. The summed E-state index contributed by atoms with van der Waals surface area (Å²) in [6.45, 7) is 4.36. The third kappa shape index (κ3) is 5.36. The molecule has 0 bridgehead atoms. The summed E-state index contributed by atoms with van der Waals surface area (Å²) in [6.07, 6.45) is 0.982. The summed E-state index contributed by atoms with van der Waals surface area (Å²) < 4.78 is 1.70. The number of amides is 2. The van der Waals surface area contributed by atoms with Crippen LogP contribution in [0, 0.1) is 0 Å². The Balaban J connectivity index is 1.29. The zero-order chi connectivity index (χ0) is 28.4. The number of nitrogens with zero attached hydrogens (tertiary/aromatic N) is 6. The number of hydrogen-bond acceptors (Lipinski definition) is 11. The van der Waals surface area contributed by atoms with Crippen molar-refractivity contribution >= 4 is 34.2 Å². The highest BCUT2D eigenvalue weighted by Gasteiger charge is 2.43. The number of rotatable bonds is 9. The van der Waals surface area contributed by atoms with Crippen LogP contribution in [-0.2, 0) is 16.1 Å². The first kappa shape index (κ1) is 27.2. The van der Waals surface area contributed by atoms with Crippen molar-refractivity contribution < 1.29 is 19.8 Å². The summed E-state index contributed by atoms with van der Waals surface area (Å²) in [5.74, 6) is -1.69. The molecule has 13 nitrogen and oxygen atoms in total. The summed E-state index contributed by atoms with van der Waals surface area (Å²) in [4.78, 5) is 40.5. The van der Waals surface area contributed by atoms with E-state index in [0.717, 1.165) is 11.3 Å². The van der Waals surface area contributed by atoms with Crippen LogP contribution in [-0.4, -0.2) is 70.4 Å². The number of carbonyl (C=O) groups excluding carboxylic acids is 2. The number of benzene rings is 1. The Labute approximate surface area is 233 Å². The van der Waals surface area contributed by atoms with Gasteiger partial charge in [0.1, 0.15) is 6.04 Å². The van der Waals surface area contributed by atoms with E-state index >= 15 is 0 Å². The summed E-state index contributed by atoms with van der Waals surface area (Å²) in [7, 11) is 0. The lowest BCUT2D eigenvalue weighted by molar-refractivity contribution is -0.154. The normalized spacial score (nSPS) is 16.7. The predicted octanol–water partition coefficient (Wildman–Crippen LogP) is 1.16. The molecule has 0 radical (unpaired) electrons. The molecule has 3 aromatic heterocycles. The van der Waals surface area contributed by atoms with Crippen LogP contribution in [0.4, 0.5) is 11.1 Å². The van der Waals surface area contributed by atoms with E-state index in [0.29, 0.717) is 28.6 Å². The number of hydrogen-bond donors (Lipinski definition) is 5. The highest BCUT2D eigenvalue weighted by Crippen LogP contribution is 2.39. The van der Waals surface area contributed by atoms with Gasteiger partial charge in [0, 0.05) is 36.1 Å². The van der Waals surface area contributed by atoms with E-state index in [2.05, 4.69) is 30.7 Å². The first-order valence-electron chi connectivity index (χ1n) is 12.6. The molecule has 40 heavy (non-hydrogen) atoms. The molecule has 4 atom stereocenters. The van der Waals surface area contributed by atoms with Crippen molar-refractivity contribution in [3.8, 4) is 5.69 Å². The van der Waals surface area contributed by atoms with Crippen molar-refractivity contribution in [2.45, 2.75) is 44.7 Å². The molecule has 0 spiro atoms. The van der Waals surface area contributed by atoms with Crippen molar-refractivity contribution in [1.82, 2.24) is 34.9 Å². The molecule has 0 aliphatic carbocycles. The fourth-order valence-corrected chi connectivity index (χ4v) is 5.35. The van der Waals surface area contributed by atoms with Crippen LogP contribution in [0.5, 0.6) is 0 Å². The Morgan fingerprint density at radius 2 is 1.98 bits per heavy atom. The van der Waals surface area contributed by atoms with Crippen LogP contribution in [0.1, 0.15) is 48.4 Å². The highest BCUT2D eigenvalue weighted by atomic mass is 32.1. The van der Waals surface area contributed by atoms with Crippen LogP contribution >= 0.6 is 11.3 Å². The SMILES string of the molecule is CCNc1nc([C@H]2c3cnc(N)nc3CN2C(=O)[C@H](O)[C@@H](O)C(=O)N[C@H](C)c2ccc(-n3cccn3)cc2)cs1. The monoisotopic (exact) mass is 563 g/mol. The van der Waals surface area contributed by atoms with E-state index in [1.54, 1.807) is 23.2 Å². The summed E-state index contributed by atoms with van der Waals surface area (Å²) in [5, 5.41) is 33.9. The third-order valence-electron chi connectivity index (χ3n) is 6.60. The molecule has 5 rings (SSSR count). The van der Waals surface area contributed by atoms with Crippen LogP contribution < -0.4 is 16.4 Å². The molecule has 208 valence electrons. The van der Waals surface area contributed by atoms with Crippen LogP contribution in [0.2, 0.25) is 0 Å². The van der Waals surface area contributed by atoms with E-state index in [1.807, 2.05) is 43.5 Å². The molecule has 2 amide bonds. The van der Waals surface area contributed by atoms with Crippen molar-refractivity contribution in [2.24, 2.45) is 0 Å². The van der Waals surface area contributed by atoms with E-state index in [-0.39, 0.29) is 12.5 Å². The van der Waals surface area contributed by atoms with Gasteiger partial charge in [0.05, 0.1) is 29.7 Å². The molecule has 1 aliphatic heterocycles. The zero-order valence-electron chi connectivity index (χ0n) is 21.8. The Morgan fingerprint density at radius 1 is 1.20 bits per heavy atom. The average molecular weight is 564 g/mol. The van der Waals surface area contributed by atoms with Gasteiger partial charge < -0.3 is 31.5 Å². The summed E-state index contributed by atoms with van der Waals surface area (Å²) >= 11 is 1.37. The summed E-state index contributed by atoms with van der Waals surface area (Å²) in [5.41, 5.74) is 9.02. The van der Waals surface area contributed by atoms with Gasteiger partial charge in [-0.05, 0) is 37.6 Å². The molecule has 0 unspecified atom stereocenters. The molecule has 0 saturated carbocycles. The lowest BCUT2D eigenvalue weighted by atomic mass is 10.1. The van der Waals surface area contributed by atoms with Crippen molar-refractivity contribution in [3.63, 3.8) is 0 Å². The molecular weight excluding hydrogens is 534 g/mol. The van der Waals surface area contributed by atoms with Crippen LogP contribution in [0.3, 0.4) is 0 Å². The number of aliphatic hydroxyl groups is 2. The maximum atomic E-state index is 13.5. The van der Waals surface area contributed by atoms with Crippen molar-refractivity contribution in [1.29, 1.82) is 0 Å². The van der Waals surface area contributed by atoms with E-state index in [1.165, 1.54) is 22.4 Å². The fraction of sp³-hybridized carbons (Fsp3) is 0.308. The highest BCUT2D eigenvalue weighted by molar-refractivity contribution is 7.13. The van der Waals surface area contributed by atoms with Gasteiger partial charge in [-0.15, -0.1) is 11.3 Å². The summed E-state index contributed by atoms with van der Waals surface area (Å²) in [6, 6.07) is 7.94. The van der Waals surface area contributed by atoms with Gasteiger partial charge in [0.2, 0.25) is 5.95 Å².